The number of aliphatic hydroxyl groups excluding tert-OH is 4. The third-order valence-corrected chi connectivity index (χ3v) is 10.6. The fourth-order valence-corrected chi connectivity index (χ4v) is 7.94. The molecule has 12 N–H and O–H groups in total. The molecule has 24 heteroatoms. The second-order valence-electron chi connectivity index (χ2n) is 9.02. The van der Waals surface area contributed by atoms with Crippen molar-refractivity contribution in [3.63, 3.8) is 0 Å². The monoisotopic (exact) mass is 1030 g/mol. The van der Waals surface area contributed by atoms with Gasteiger partial charge in [-0.15, -0.1) is 46.4 Å². The van der Waals surface area contributed by atoms with Gasteiger partial charge in [-0.2, -0.15) is 19.5 Å². The van der Waals surface area contributed by atoms with E-state index < -0.39 is 39.2 Å². The number of nitrogens with zero attached hydrogens (tertiary/aromatic N) is 2. The van der Waals surface area contributed by atoms with Crippen molar-refractivity contribution in [2.45, 2.75) is 66.2 Å². The minimum atomic E-state index is -2.59. The van der Waals surface area contributed by atoms with Crippen molar-refractivity contribution in [2.75, 3.05) is 76.0 Å². The van der Waals surface area contributed by atoms with Crippen LogP contribution in [-0.2, 0) is 48.0 Å². The van der Waals surface area contributed by atoms with Crippen LogP contribution in [0.1, 0.15) is 66.2 Å². The van der Waals surface area contributed by atoms with Crippen LogP contribution in [0, 0.1) is 0 Å². The predicted octanol–water partition coefficient (Wildman–Crippen LogP) is 5.47. The number of hydrogen-bond acceptors (Lipinski definition) is 2. The van der Waals surface area contributed by atoms with Crippen LogP contribution < -0.4 is 10.2 Å². The molecule has 2 aliphatic heterocycles. The molecule has 16 nitrogen and oxygen atoms in total. The Balaban J connectivity index is -0.000000125. The van der Waals surface area contributed by atoms with Crippen LogP contribution in [0.25, 0.3) is 0 Å². The molecule has 2 heterocycles. The quantitative estimate of drug-likeness (QED) is 0.0553. The number of carboxylic acids is 4. The number of alkyl halides is 4. The molecule has 2 aliphatic rings. The topological polar surface area (TPSA) is 258 Å². The van der Waals surface area contributed by atoms with E-state index in [4.69, 9.17) is 95.1 Å². The van der Waals surface area contributed by atoms with E-state index in [0.717, 1.165) is 25.9 Å². The van der Waals surface area contributed by atoms with Crippen molar-refractivity contribution < 1.29 is 96.7 Å². The molecule has 0 bridgehead atoms. The first-order valence-electron chi connectivity index (χ1n) is 15.3. The normalized spacial score (nSPS) is 18.8. The standard InChI is InChI=1S/2C7H15Cl2N2O2P.4C3H6O2.2Rh/c2*8-2-5-11(6-3-9)14(12)10-4-1-7-13-14;4*1-2-3(4)5;;/h2*1-7H2,(H,10,12);4*2H2,1H3,(H,4,5);;/p+6. The van der Waals surface area contributed by atoms with Crippen LogP contribution in [0.15, 0.2) is 0 Å². The summed E-state index contributed by atoms with van der Waals surface area (Å²) >= 11 is 22.6. The van der Waals surface area contributed by atoms with E-state index in [1.54, 1.807) is 27.7 Å². The predicted molar refractivity (Wildman–Crippen MR) is 200 cm³/mol. The van der Waals surface area contributed by atoms with Crippen LogP contribution in [-0.4, -0.2) is 158 Å². The Morgan fingerprint density at radius 3 is 0.880 bits per heavy atom. The van der Waals surface area contributed by atoms with E-state index in [1.165, 1.54) is 0 Å². The van der Waals surface area contributed by atoms with E-state index in [2.05, 4.69) is 10.2 Å². The fourth-order valence-electron chi connectivity index (χ4n) is 2.59. The SMILES string of the molecule is CCC(O)=[OH+].CCC(O)=[OH+].CCC(O)=[OH+].CCC(O)=[OH+].[OH+]=P1(N(CCCl)CCCl)NCCCO1.[OH+]=P1(N(CCCl)CCCl)NCCCO1.[Rh].[Rh]. The van der Waals surface area contributed by atoms with Crippen molar-refractivity contribution in [3.8, 4) is 0 Å². The molecule has 2 rings (SSSR count). The second-order valence-corrected chi connectivity index (χ2v) is 15.0. The van der Waals surface area contributed by atoms with E-state index in [1.807, 2.05) is 9.34 Å². The third kappa shape index (κ3) is 39.7. The zero-order valence-corrected chi connectivity index (χ0v) is 37.1. The van der Waals surface area contributed by atoms with E-state index in [-0.39, 0.29) is 39.0 Å². The number of nitrogens with one attached hydrogen (secondary N) is 2. The van der Waals surface area contributed by atoms with Gasteiger partial charge in [0.2, 0.25) is 0 Å². The molecule has 0 aromatic rings. The first-order valence-corrected chi connectivity index (χ1v) is 20.6. The van der Waals surface area contributed by atoms with Crippen LogP contribution in [0.2, 0.25) is 0 Å². The first-order chi connectivity index (χ1) is 22.5. The molecule has 2 atom stereocenters. The summed E-state index contributed by atoms with van der Waals surface area (Å²) in [5, 5.41) is 37.4. The van der Waals surface area contributed by atoms with Gasteiger partial charge in [0.15, 0.2) is 0 Å². The smallest absolute Gasteiger partial charge is 0.339 e. The van der Waals surface area contributed by atoms with Crippen molar-refractivity contribution in [3.05, 3.63) is 0 Å². The fraction of sp³-hybridized carbons (Fsp3) is 0.846. The molecule has 2 unspecified atom stereocenters. The van der Waals surface area contributed by atoms with Gasteiger partial charge < -0.3 is 39.6 Å². The number of halogens is 4. The molecule has 306 valence electrons. The summed E-state index contributed by atoms with van der Waals surface area (Å²) < 4.78 is 34.8. The summed E-state index contributed by atoms with van der Waals surface area (Å²) in [5.41, 5.74) is 0. The zero-order valence-electron chi connectivity index (χ0n) is 29.0. The first kappa shape index (κ1) is 62.5. The van der Waals surface area contributed by atoms with Gasteiger partial charge in [-0.3, -0.25) is 18.2 Å². The van der Waals surface area contributed by atoms with Gasteiger partial charge in [-0.05, 0) is 40.5 Å². The van der Waals surface area contributed by atoms with Gasteiger partial charge in [0, 0.05) is 102 Å². The molecule has 2 fully saturated rings. The maximum Gasteiger partial charge on any atom is 0.517 e. The Morgan fingerprint density at radius 1 is 0.560 bits per heavy atom. The molecule has 0 saturated carbocycles. The minimum absolute atomic E-state index is 0. The summed E-state index contributed by atoms with van der Waals surface area (Å²) in [7, 11) is -5.18. The number of hydrogen-bond donors (Lipinski definition) is 6. The van der Waals surface area contributed by atoms with E-state index in [0.29, 0.717) is 88.6 Å². The molecule has 0 amide bonds. The number of rotatable bonds is 14. The molecule has 0 spiro atoms. The van der Waals surface area contributed by atoms with E-state index >= 15 is 0 Å². The summed E-state index contributed by atoms with van der Waals surface area (Å²) in [5.74, 6) is -0.131. The van der Waals surface area contributed by atoms with Crippen LogP contribution >= 0.6 is 61.7 Å². The molecule has 50 heavy (non-hydrogen) atoms. The van der Waals surface area contributed by atoms with Gasteiger partial charge >= 0.3 is 39.2 Å². The zero-order chi connectivity index (χ0) is 38.0. The third-order valence-electron chi connectivity index (χ3n) is 5.22. The molecule has 0 aromatic carbocycles. The summed E-state index contributed by atoms with van der Waals surface area (Å²) in [4.78, 5) is 31.3. The average molecular weight is 1030 g/mol. The van der Waals surface area contributed by atoms with Gasteiger partial charge in [0.1, 0.15) is 0 Å². The Labute approximate surface area is 342 Å². The van der Waals surface area contributed by atoms with Gasteiger partial charge in [0.05, 0.1) is 38.9 Å². The van der Waals surface area contributed by atoms with Gasteiger partial charge in [-0.25, -0.2) is 0 Å². The number of aliphatic carboxylic acids is 4. The Kier molecular flexibility index (Phi) is 52.8. The Hall–Kier alpha value is 0.507. The second kappa shape index (κ2) is 42.3. The van der Waals surface area contributed by atoms with Crippen molar-refractivity contribution in [1.29, 1.82) is 0 Å². The summed E-state index contributed by atoms with van der Waals surface area (Å²) in [6.45, 7) is 11.8. The minimum Gasteiger partial charge on any atom is -0.339 e. The molecular weight excluding hydrogens is 970 g/mol. The number of carboxylic acid groups (broad SMARTS) is 4. The molecule has 2 saturated heterocycles. The Bertz CT molecular complexity index is 825. The molecule has 2 radical (unpaired) electrons. The van der Waals surface area contributed by atoms with Crippen LogP contribution in [0.4, 0.5) is 0 Å². The molecule has 0 aliphatic carbocycles. The average Bonchev–Trinajstić information content (AvgIpc) is 3.06. The summed E-state index contributed by atoms with van der Waals surface area (Å²) in [6, 6.07) is 0. The van der Waals surface area contributed by atoms with Crippen molar-refractivity contribution >= 4 is 85.6 Å². The maximum absolute atomic E-state index is 10.2. The van der Waals surface area contributed by atoms with Crippen LogP contribution in [0.3, 0.4) is 0 Å². The van der Waals surface area contributed by atoms with Gasteiger partial charge in [-0.1, -0.05) is 0 Å². The van der Waals surface area contributed by atoms with Crippen molar-refractivity contribution in [1.82, 2.24) is 19.5 Å². The Morgan fingerprint density at radius 2 is 0.760 bits per heavy atom. The maximum atomic E-state index is 10.2. The van der Waals surface area contributed by atoms with Crippen molar-refractivity contribution in [2.24, 2.45) is 0 Å². The van der Waals surface area contributed by atoms with E-state index in [9.17, 15) is 9.13 Å². The summed E-state index contributed by atoms with van der Waals surface area (Å²) in [6.07, 6.45) is 3.19. The molecular formula is C26H60Cl4N4O12P2Rh2+6. The van der Waals surface area contributed by atoms with Crippen LogP contribution in [0.5, 0.6) is 0 Å². The largest absolute Gasteiger partial charge is 0.517 e. The molecule has 0 aromatic heterocycles. The van der Waals surface area contributed by atoms with Gasteiger partial charge in [0.25, 0.3) is 0 Å².